The maximum absolute atomic E-state index is 4.24. The first-order valence-corrected chi connectivity index (χ1v) is 5.27. The van der Waals surface area contributed by atoms with E-state index in [0.717, 1.165) is 5.69 Å². The minimum Gasteiger partial charge on any atom is -0.253 e. The molecule has 70 valence electrons. The van der Waals surface area contributed by atoms with E-state index in [0.29, 0.717) is 11.0 Å². The summed E-state index contributed by atoms with van der Waals surface area (Å²) in [5.41, 5.74) is 0.769. The molecule has 0 N–H and O–H groups in total. The topological polar surface area (TPSA) is 51.6 Å². The maximum Gasteiger partial charge on any atom is 0.190 e. The van der Waals surface area contributed by atoms with Gasteiger partial charge < -0.3 is 0 Å². The highest BCUT2D eigenvalue weighted by molar-refractivity contribution is 7.98. The monoisotopic (exact) mass is 204 g/mol. The van der Waals surface area contributed by atoms with Gasteiger partial charge in [0.05, 0.1) is 0 Å². The first-order chi connectivity index (χ1) is 6.90. The van der Waals surface area contributed by atoms with E-state index in [1.807, 2.05) is 24.5 Å². The van der Waals surface area contributed by atoms with Crippen LogP contribution in [0.25, 0.3) is 11.5 Å². The summed E-state index contributed by atoms with van der Waals surface area (Å²) in [6, 6.07) is 5.64. The third-order valence-electron chi connectivity index (χ3n) is 1.63. The molecule has 2 aromatic heterocycles. The zero-order chi connectivity index (χ0) is 9.80. The van der Waals surface area contributed by atoms with Crippen LogP contribution < -0.4 is 0 Å². The summed E-state index contributed by atoms with van der Waals surface area (Å²) in [7, 11) is 0. The summed E-state index contributed by atoms with van der Waals surface area (Å²) in [5, 5.41) is 0.709. The van der Waals surface area contributed by atoms with Crippen LogP contribution in [-0.2, 0) is 0 Å². The second-order valence-electron chi connectivity index (χ2n) is 2.51. The molecule has 0 aliphatic rings. The Morgan fingerprint density at radius 3 is 2.79 bits per heavy atom. The molecule has 0 radical (unpaired) electrons. The Hall–Kier alpha value is -1.49. The smallest absolute Gasteiger partial charge is 0.190 e. The molecule has 2 heterocycles. The van der Waals surface area contributed by atoms with Crippen molar-refractivity contribution in [2.75, 3.05) is 6.26 Å². The summed E-state index contributed by atoms with van der Waals surface area (Å²) in [4.78, 5) is 16.5. The van der Waals surface area contributed by atoms with Crippen LogP contribution in [0.4, 0.5) is 0 Å². The van der Waals surface area contributed by atoms with Gasteiger partial charge in [-0.15, -0.1) is 0 Å². The van der Waals surface area contributed by atoms with Crippen molar-refractivity contribution in [3.05, 3.63) is 30.7 Å². The Morgan fingerprint density at radius 2 is 2.07 bits per heavy atom. The molecule has 0 saturated heterocycles. The molecular weight excluding hydrogens is 196 g/mol. The molecule has 2 rings (SSSR count). The Balaban J connectivity index is 2.42. The fourth-order valence-electron chi connectivity index (χ4n) is 0.998. The molecule has 0 atom stereocenters. The molecular formula is C9H8N4S. The van der Waals surface area contributed by atoms with Crippen molar-refractivity contribution in [2.24, 2.45) is 0 Å². The van der Waals surface area contributed by atoms with Gasteiger partial charge in [0.2, 0.25) is 0 Å². The number of rotatable bonds is 2. The lowest BCUT2D eigenvalue weighted by Crippen LogP contribution is -1.94. The van der Waals surface area contributed by atoms with E-state index in [-0.39, 0.29) is 0 Å². The van der Waals surface area contributed by atoms with Gasteiger partial charge in [0.15, 0.2) is 11.0 Å². The van der Waals surface area contributed by atoms with Gasteiger partial charge in [-0.25, -0.2) is 15.0 Å². The number of hydrogen-bond donors (Lipinski definition) is 0. The molecule has 0 unspecified atom stereocenters. The van der Waals surface area contributed by atoms with E-state index in [9.17, 15) is 0 Å². The second-order valence-corrected chi connectivity index (χ2v) is 3.28. The van der Waals surface area contributed by atoms with Crippen LogP contribution in [0.5, 0.6) is 0 Å². The van der Waals surface area contributed by atoms with Gasteiger partial charge in [0.1, 0.15) is 12.0 Å². The number of hydrogen-bond acceptors (Lipinski definition) is 5. The first-order valence-electron chi connectivity index (χ1n) is 4.04. The minimum absolute atomic E-state index is 0.616. The van der Waals surface area contributed by atoms with Crippen LogP contribution in [0.1, 0.15) is 0 Å². The maximum atomic E-state index is 4.24. The molecule has 0 fully saturated rings. The van der Waals surface area contributed by atoms with Crippen molar-refractivity contribution >= 4 is 11.8 Å². The van der Waals surface area contributed by atoms with Gasteiger partial charge in [-0.2, -0.15) is 0 Å². The Labute approximate surface area is 85.9 Å². The molecule has 4 nitrogen and oxygen atoms in total. The van der Waals surface area contributed by atoms with Crippen molar-refractivity contribution in [2.45, 2.75) is 5.16 Å². The van der Waals surface area contributed by atoms with Crippen molar-refractivity contribution in [3.63, 3.8) is 0 Å². The van der Waals surface area contributed by atoms with Crippen LogP contribution in [0.3, 0.4) is 0 Å². The SMILES string of the molecule is CSc1ncnc(-c2ccccn2)n1. The first kappa shape index (κ1) is 9.08. The lowest BCUT2D eigenvalue weighted by Gasteiger charge is -1.98. The Bertz CT molecular complexity index is 418. The average molecular weight is 204 g/mol. The molecule has 0 aliphatic heterocycles. The second kappa shape index (κ2) is 4.15. The Morgan fingerprint density at radius 1 is 1.14 bits per heavy atom. The van der Waals surface area contributed by atoms with E-state index >= 15 is 0 Å². The van der Waals surface area contributed by atoms with E-state index in [4.69, 9.17) is 0 Å². The minimum atomic E-state index is 0.616. The fraction of sp³-hybridized carbons (Fsp3) is 0.111. The van der Waals surface area contributed by atoms with Crippen molar-refractivity contribution < 1.29 is 0 Å². The summed E-state index contributed by atoms with van der Waals surface area (Å²) in [6.07, 6.45) is 5.15. The van der Waals surface area contributed by atoms with E-state index in [1.54, 1.807) is 6.20 Å². The van der Waals surface area contributed by atoms with Crippen LogP contribution in [0, 0.1) is 0 Å². The molecule has 14 heavy (non-hydrogen) atoms. The molecule has 2 aromatic rings. The summed E-state index contributed by atoms with van der Waals surface area (Å²) in [5.74, 6) is 0.616. The number of pyridine rings is 1. The quantitative estimate of drug-likeness (QED) is 0.696. The molecule has 0 aliphatic carbocycles. The normalized spacial score (nSPS) is 10.1. The third kappa shape index (κ3) is 1.88. The lowest BCUT2D eigenvalue weighted by atomic mass is 10.3. The largest absolute Gasteiger partial charge is 0.253 e. The Kier molecular flexibility index (Phi) is 2.69. The van der Waals surface area contributed by atoms with Crippen molar-refractivity contribution in [1.29, 1.82) is 0 Å². The van der Waals surface area contributed by atoms with Gasteiger partial charge in [0, 0.05) is 6.20 Å². The van der Waals surface area contributed by atoms with Crippen molar-refractivity contribution in [1.82, 2.24) is 19.9 Å². The highest BCUT2D eigenvalue weighted by Crippen LogP contribution is 2.13. The number of thioether (sulfide) groups is 1. The zero-order valence-electron chi connectivity index (χ0n) is 7.58. The predicted octanol–water partition coefficient (Wildman–Crippen LogP) is 1.66. The average Bonchev–Trinajstić information content (AvgIpc) is 2.30. The van der Waals surface area contributed by atoms with Crippen LogP contribution >= 0.6 is 11.8 Å². The third-order valence-corrected chi connectivity index (χ3v) is 2.19. The van der Waals surface area contributed by atoms with Gasteiger partial charge in [-0.1, -0.05) is 17.8 Å². The van der Waals surface area contributed by atoms with Crippen LogP contribution in [0.2, 0.25) is 0 Å². The van der Waals surface area contributed by atoms with Gasteiger partial charge >= 0.3 is 0 Å². The molecule has 5 heteroatoms. The van der Waals surface area contributed by atoms with Gasteiger partial charge in [-0.05, 0) is 18.4 Å². The molecule has 0 spiro atoms. The molecule has 0 saturated carbocycles. The van der Waals surface area contributed by atoms with E-state index < -0.39 is 0 Å². The van der Waals surface area contributed by atoms with Crippen LogP contribution in [-0.4, -0.2) is 26.2 Å². The molecule has 0 aromatic carbocycles. The van der Waals surface area contributed by atoms with Gasteiger partial charge in [0.25, 0.3) is 0 Å². The highest BCUT2D eigenvalue weighted by Gasteiger charge is 2.02. The number of aromatic nitrogens is 4. The summed E-state index contributed by atoms with van der Waals surface area (Å²) >= 11 is 1.49. The number of nitrogens with zero attached hydrogens (tertiary/aromatic N) is 4. The molecule has 0 bridgehead atoms. The fourth-order valence-corrected chi connectivity index (χ4v) is 1.33. The lowest BCUT2D eigenvalue weighted by molar-refractivity contribution is 0.908. The van der Waals surface area contributed by atoms with E-state index in [1.165, 1.54) is 18.1 Å². The zero-order valence-corrected chi connectivity index (χ0v) is 8.40. The summed E-state index contributed by atoms with van der Waals surface area (Å²) in [6.45, 7) is 0. The van der Waals surface area contributed by atoms with Gasteiger partial charge in [-0.3, -0.25) is 4.98 Å². The highest BCUT2D eigenvalue weighted by atomic mass is 32.2. The van der Waals surface area contributed by atoms with E-state index in [2.05, 4.69) is 19.9 Å². The predicted molar refractivity (Wildman–Crippen MR) is 54.8 cm³/mol. The standard InChI is InChI=1S/C9H8N4S/c1-14-9-12-6-11-8(13-9)7-4-2-3-5-10-7/h2-6H,1H3. The van der Waals surface area contributed by atoms with Crippen molar-refractivity contribution in [3.8, 4) is 11.5 Å². The summed E-state index contributed by atoms with van der Waals surface area (Å²) < 4.78 is 0. The molecule has 0 amide bonds. The van der Waals surface area contributed by atoms with Crippen LogP contribution in [0.15, 0.2) is 35.9 Å².